The molecule has 0 aromatic heterocycles. The Bertz CT molecular complexity index is 398. The molecule has 1 unspecified atom stereocenters. The van der Waals surface area contributed by atoms with Crippen molar-refractivity contribution in [3.63, 3.8) is 0 Å². The van der Waals surface area contributed by atoms with Crippen LogP contribution in [0.1, 0.15) is 20.8 Å². The van der Waals surface area contributed by atoms with Crippen LogP contribution in [0.2, 0.25) is 0 Å². The van der Waals surface area contributed by atoms with Gasteiger partial charge in [0.1, 0.15) is 12.4 Å². The second kappa shape index (κ2) is 4.45. The van der Waals surface area contributed by atoms with Crippen molar-refractivity contribution in [3.05, 3.63) is 18.2 Å². The standard InChI is InChI=1S/C13H18O4/c1-9(2)13(3,14)7-15-10-4-5-11-12(6-10)17-8-16-11/h4-6,9,14H,7-8H2,1-3H3. The quantitative estimate of drug-likeness (QED) is 0.873. The van der Waals surface area contributed by atoms with Gasteiger partial charge in [-0.15, -0.1) is 0 Å². The average Bonchev–Trinajstić information content (AvgIpc) is 2.73. The van der Waals surface area contributed by atoms with Gasteiger partial charge in [0.25, 0.3) is 0 Å². The fourth-order valence-electron chi connectivity index (χ4n) is 1.36. The third kappa shape index (κ3) is 2.64. The molecule has 4 nitrogen and oxygen atoms in total. The predicted octanol–water partition coefficient (Wildman–Crippen LogP) is 2.20. The number of hydrogen-bond donors (Lipinski definition) is 1. The number of aliphatic hydroxyl groups is 1. The lowest BCUT2D eigenvalue weighted by atomic mass is 9.94. The lowest BCUT2D eigenvalue weighted by molar-refractivity contribution is -0.0266. The maximum Gasteiger partial charge on any atom is 0.231 e. The van der Waals surface area contributed by atoms with Crippen molar-refractivity contribution in [2.45, 2.75) is 26.4 Å². The highest BCUT2D eigenvalue weighted by Gasteiger charge is 2.26. The number of benzene rings is 1. The molecule has 1 heterocycles. The molecule has 0 bridgehead atoms. The first-order chi connectivity index (χ1) is 7.99. The highest BCUT2D eigenvalue weighted by Crippen LogP contribution is 2.35. The summed E-state index contributed by atoms with van der Waals surface area (Å²) in [5, 5.41) is 10.1. The number of rotatable bonds is 4. The normalized spacial score (nSPS) is 17.0. The fourth-order valence-corrected chi connectivity index (χ4v) is 1.36. The maximum atomic E-state index is 10.1. The molecule has 1 aromatic carbocycles. The van der Waals surface area contributed by atoms with Crippen molar-refractivity contribution in [1.29, 1.82) is 0 Å². The van der Waals surface area contributed by atoms with E-state index in [1.54, 1.807) is 13.0 Å². The van der Waals surface area contributed by atoms with Gasteiger partial charge in [-0.2, -0.15) is 0 Å². The van der Waals surface area contributed by atoms with E-state index < -0.39 is 5.60 Å². The van der Waals surface area contributed by atoms with Gasteiger partial charge >= 0.3 is 0 Å². The molecule has 94 valence electrons. The van der Waals surface area contributed by atoms with Gasteiger partial charge in [-0.3, -0.25) is 0 Å². The zero-order valence-corrected chi connectivity index (χ0v) is 10.4. The average molecular weight is 238 g/mol. The molecule has 2 rings (SSSR count). The van der Waals surface area contributed by atoms with Crippen molar-refractivity contribution >= 4 is 0 Å². The molecule has 1 aliphatic rings. The van der Waals surface area contributed by atoms with Gasteiger partial charge in [-0.25, -0.2) is 0 Å². The molecule has 0 radical (unpaired) electrons. The van der Waals surface area contributed by atoms with Crippen molar-refractivity contribution in [2.24, 2.45) is 5.92 Å². The maximum absolute atomic E-state index is 10.1. The van der Waals surface area contributed by atoms with E-state index >= 15 is 0 Å². The summed E-state index contributed by atoms with van der Waals surface area (Å²) in [6.45, 7) is 6.20. The molecule has 0 aliphatic carbocycles. The van der Waals surface area contributed by atoms with E-state index in [0.717, 1.165) is 5.75 Å². The number of hydrogen-bond acceptors (Lipinski definition) is 4. The fraction of sp³-hybridized carbons (Fsp3) is 0.538. The minimum Gasteiger partial charge on any atom is -0.490 e. The highest BCUT2D eigenvalue weighted by atomic mass is 16.7. The molecular weight excluding hydrogens is 220 g/mol. The van der Waals surface area contributed by atoms with Crippen LogP contribution < -0.4 is 14.2 Å². The summed E-state index contributed by atoms with van der Waals surface area (Å²) < 4.78 is 16.0. The third-order valence-electron chi connectivity index (χ3n) is 3.12. The van der Waals surface area contributed by atoms with Crippen LogP contribution in [-0.2, 0) is 0 Å². The van der Waals surface area contributed by atoms with Crippen LogP contribution in [0.3, 0.4) is 0 Å². The molecule has 0 fully saturated rings. The zero-order valence-electron chi connectivity index (χ0n) is 10.4. The van der Waals surface area contributed by atoms with Gasteiger partial charge < -0.3 is 19.3 Å². The predicted molar refractivity (Wildman–Crippen MR) is 63.5 cm³/mol. The second-order valence-corrected chi connectivity index (χ2v) is 4.82. The van der Waals surface area contributed by atoms with E-state index in [0.29, 0.717) is 11.5 Å². The Morgan fingerprint density at radius 3 is 2.76 bits per heavy atom. The van der Waals surface area contributed by atoms with Gasteiger partial charge in [0.2, 0.25) is 6.79 Å². The molecule has 1 aliphatic heterocycles. The summed E-state index contributed by atoms with van der Waals surface area (Å²) in [6.07, 6.45) is 0. The molecule has 1 atom stereocenters. The smallest absolute Gasteiger partial charge is 0.231 e. The summed E-state index contributed by atoms with van der Waals surface area (Å²) in [4.78, 5) is 0. The van der Waals surface area contributed by atoms with Crippen molar-refractivity contribution in [2.75, 3.05) is 13.4 Å². The molecule has 0 spiro atoms. The summed E-state index contributed by atoms with van der Waals surface area (Å²) in [7, 11) is 0. The lowest BCUT2D eigenvalue weighted by Gasteiger charge is -2.27. The van der Waals surface area contributed by atoms with Crippen LogP contribution in [0.25, 0.3) is 0 Å². The highest BCUT2D eigenvalue weighted by molar-refractivity contribution is 5.46. The SMILES string of the molecule is CC(C)C(C)(O)COc1ccc2c(c1)OCO2. The first-order valence-corrected chi connectivity index (χ1v) is 5.74. The summed E-state index contributed by atoms with van der Waals surface area (Å²) in [5.41, 5.74) is -0.837. The van der Waals surface area contributed by atoms with E-state index in [1.807, 2.05) is 26.0 Å². The topological polar surface area (TPSA) is 47.9 Å². The van der Waals surface area contributed by atoms with Crippen LogP contribution >= 0.6 is 0 Å². The van der Waals surface area contributed by atoms with Crippen LogP contribution in [0.4, 0.5) is 0 Å². The summed E-state index contributed by atoms with van der Waals surface area (Å²) >= 11 is 0. The van der Waals surface area contributed by atoms with Crippen molar-refractivity contribution in [1.82, 2.24) is 0 Å². The largest absolute Gasteiger partial charge is 0.490 e. The summed E-state index contributed by atoms with van der Waals surface area (Å²) in [6, 6.07) is 5.39. The Hall–Kier alpha value is -1.42. The molecule has 0 saturated heterocycles. The number of ether oxygens (including phenoxy) is 3. The molecular formula is C13H18O4. The van der Waals surface area contributed by atoms with E-state index in [-0.39, 0.29) is 19.3 Å². The molecule has 4 heteroatoms. The van der Waals surface area contributed by atoms with E-state index in [1.165, 1.54) is 0 Å². The lowest BCUT2D eigenvalue weighted by Crippen LogP contribution is -2.37. The first-order valence-electron chi connectivity index (χ1n) is 5.74. The first kappa shape index (κ1) is 12.0. The van der Waals surface area contributed by atoms with Crippen LogP contribution in [0, 0.1) is 5.92 Å². The molecule has 17 heavy (non-hydrogen) atoms. The van der Waals surface area contributed by atoms with Gasteiger partial charge in [0.05, 0.1) is 5.60 Å². The van der Waals surface area contributed by atoms with E-state index in [2.05, 4.69) is 0 Å². The molecule has 1 aromatic rings. The van der Waals surface area contributed by atoms with Crippen LogP contribution in [0.15, 0.2) is 18.2 Å². The van der Waals surface area contributed by atoms with Crippen molar-refractivity contribution < 1.29 is 19.3 Å². The Morgan fingerprint density at radius 2 is 2.06 bits per heavy atom. The number of fused-ring (bicyclic) bond motifs is 1. The minimum absolute atomic E-state index is 0.136. The van der Waals surface area contributed by atoms with E-state index in [9.17, 15) is 5.11 Å². The van der Waals surface area contributed by atoms with E-state index in [4.69, 9.17) is 14.2 Å². The van der Waals surface area contributed by atoms with Crippen molar-refractivity contribution in [3.8, 4) is 17.2 Å². The van der Waals surface area contributed by atoms with Gasteiger partial charge in [0.15, 0.2) is 11.5 Å². The monoisotopic (exact) mass is 238 g/mol. The molecule has 0 amide bonds. The molecule has 1 N–H and O–H groups in total. The Labute approximate surface area is 101 Å². The van der Waals surface area contributed by atoms with Gasteiger partial charge in [0, 0.05) is 6.07 Å². The zero-order chi connectivity index (χ0) is 12.5. The van der Waals surface area contributed by atoms with Gasteiger partial charge in [-0.1, -0.05) is 13.8 Å². The van der Waals surface area contributed by atoms with Crippen LogP contribution in [-0.4, -0.2) is 24.1 Å². The molecule has 0 saturated carbocycles. The van der Waals surface area contributed by atoms with Gasteiger partial charge in [-0.05, 0) is 25.0 Å². The Morgan fingerprint density at radius 1 is 1.35 bits per heavy atom. The Balaban J connectivity index is 2.00. The Kier molecular flexibility index (Phi) is 3.15. The minimum atomic E-state index is -0.837. The summed E-state index contributed by atoms with van der Waals surface area (Å²) in [5.74, 6) is 2.23. The second-order valence-electron chi connectivity index (χ2n) is 4.82. The third-order valence-corrected chi connectivity index (χ3v) is 3.12. The van der Waals surface area contributed by atoms with Crippen LogP contribution in [0.5, 0.6) is 17.2 Å².